The molecule has 3 N–H and O–H groups in total. The van der Waals surface area contributed by atoms with Crippen LogP contribution in [0.1, 0.15) is 409 Å². The van der Waals surface area contributed by atoms with Crippen LogP contribution in [0.4, 0.5) is 0 Å². The lowest BCUT2D eigenvalue weighted by Gasteiger charge is -2.21. The minimum absolute atomic E-state index is 0.103. The molecule has 19 heteroatoms. The molecule has 0 aromatic heterocycles. The summed E-state index contributed by atoms with van der Waals surface area (Å²) in [6, 6.07) is 0. The van der Waals surface area contributed by atoms with Gasteiger partial charge in [0.15, 0.2) is 12.2 Å². The fraction of sp³-hybridized carbons (Fsp3) is 0.950. The van der Waals surface area contributed by atoms with E-state index in [1.165, 1.54) is 205 Å². The summed E-state index contributed by atoms with van der Waals surface area (Å²) in [4.78, 5) is 72.9. The van der Waals surface area contributed by atoms with Gasteiger partial charge in [0.05, 0.1) is 26.4 Å². The van der Waals surface area contributed by atoms with Gasteiger partial charge in [-0.2, -0.15) is 0 Å². The number of aliphatic hydroxyl groups is 1. The number of ether oxygens (including phenoxy) is 4. The molecule has 0 aliphatic rings. The number of hydrogen-bond donors (Lipinski definition) is 3. The van der Waals surface area contributed by atoms with Gasteiger partial charge in [-0.1, -0.05) is 357 Å². The van der Waals surface area contributed by atoms with Crippen molar-refractivity contribution in [1.29, 1.82) is 0 Å². The average molecular weight is 1450 g/mol. The van der Waals surface area contributed by atoms with Gasteiger partial charge in [0, 0.05) is 25.7 Å². The predicted molar refractivity (Wildman–Crippen MR) is 404 cm³/mol. The zero-order chi connectivity index (χ0) is 73.1. The van der Waals surface area contributed by atoms with Crippen LogP contribution in [0.25, 0.3) is 0 Å². The first-order valence-electron chi connectivity index (χ1n) is 41.2. The van der Waals surface area contributed by atoms with Crippen LogP contribution in [-0.2, 0) is 65.4 Å². The number of hydrogen-bond acceptors (Lipinski definition) is 15. The van der Waals surface area contributed by atoms with E-state index in [2.05, 4.69) is 55.4 Å². The molecule has 0 aromatic carbocycles. The van der Waals surface area contributed by atoms with Crippen molar-refractivity contribution in [2.75, 3.05) is 39.6 Å². The zero-order valence-corrected chi connectivity index (χ0v) is 66.9. The lowest BCUT2D eigenvalue weighted by atomic mass is 10.00. The molecule has 0 aliphatic carbocycles. The molecule has 0 radical (unpaired) electrons. The lowest BCUT2D eigenvalue weighted by Crippen LogP contribution is -2.30. The quantitative estimate of drug-likeness (QED) is 0.0222. The predicted octanol–water partition coefficient (Wildman–Crippen LogP) is 23.6. The van der Waals surface area contributed by atoms with E-state index < -0.39 is 97.5 Å². The molecule has 0 aliphatic heterocycles. The first-order valence-corrected chi connectivity index (χ1v) is 44.2. The molecule has 0 bridgehead atoms. The first kappa shape index (κ1) is 97.1. The molecule has 17 nitrogen and oxygen atoms in total. The maximum atomic E-state index is 13.1. The Bertz CT molecular complexity index is 1940. The molecule has 4 unspecified atom stereocenters. The third kappa shape index (κ3) is 72.8. The second-order valence-corrected chi connectivity index (χ2v) is 33.4. The minimum atomic E-state index is -4.96. The molecule has 588 valence electrons. The Balaban J connectivity index is 5.15. The van der Waals surface area contributed by atoms with E-state index >= 15 is 0 Å². The molecule has 0 amide bonds. The van der Waals surface area contributed by atoms with E-state index in [1.807, 2.05) is 0 Å². The standard InChI is InChI=1S/C80H156O17P2/c1-9-73(8)59-51-43-38-39-47-55-63-80(85)97-76(67-90-77(82)60-52-44-35-29-25-21-18-14-16-20-24-28-33-41-49-57-71(4)5)69-95-99(88,89)93-65-74(81)64-92-98(86,87)94-68-75(66-91-78(83)61-53-45-37-31-34-42-50-58-72(6)7)96-79(84)62-54-46-36-30-26-22-17-13-11-10-12-15-19-23-27-32-40-48-56-70(2)3/h70-76,81H,9-69H2,1-8H3,(H,86,87)(H,88,89)/t73?,74?,75-,76-/m1/s1. The highest BCUT2D eigenvalue weighted by molar-refractivity contribution is 7.47. The fourth-order valence-electron chi connectivity index (χ4n) is 12.2. The summed E-state index contributed by atoms with van der Waals surface area (Å²) in [7, 11) is -9.92. The Kier molecular flexibility index (Phi) is 67.8. The lowest BCUT2D eigenvalue weighted by molar-refractivity contribution is -0.161. The van der Waals surface area contributed by atoms with Crippen molar-refractivity contribution in [2.24, 2.45) is 23.7 Å². The highest BCUT2D eigenvalue weighted by atomic mass is 31.2. The van der Waals surface area contributed by atoms with E-state index in [4.69, 9.17) is 37.0 Å². The second-order valence-electron chi connectivity index (χ2n) is 30.5. The van der Waals surface area contributed by atoms with Gasteiger partial charge in [-0.15, -0.1) is 0 Å². The average Bonchev–Trinajstić information content (AvgIpc) is 1.34. The molecule has 0 heterocycles. The third-order valence-electron chi connectivity index (χ3n) is 18.9. The van der Waals surface area contributed by atoms with Gasteiger partial charge in [-0.25, -0.2) is 9.13 Å². The van der Waals surface area contributed by atoms with Crippen LogP contribution in [0.15, 0.2) is 0 Å². The molecule has 0 rings (SSSR count). The summed E-state index contributed by atoms with van der Waals surface area (Å²) in [5.74, 6) is 0.931. The van der Waals surface area contributed by atoms with Gasteiger partial charge in [0.2, 0.25) is 0 Å². The molecule has 6 atom stereocenters. The number of rotatable bonds is 77. The van der Waals surface area contributed by atoms with Crippen LogP contribution in [-0.4, -0.2) is 96.7 Å². The van der Waals surface area contributed by atoms with Crippen molar-refractivity contribution in [3.05, 3.63) is 0 Å². The van der Waals surface area contributed by atoms with E-state index in [0.717, 1.165) is 114 Å². The maximum Gasteiger partial charge on any atom is 0.472 e. The molecule has 0 saturated carbocycles. The van der Waals surface area contributed by atoms with E-state index in [-0.39, 0.29) is 25.7 Å². The largest absolute Gasteiger partial charge is 0.472 e. The molecular formula is C80H156O17P2. The Morgan fingerprint density at radius 2 is 0.485 bits per heavy atom. The fourth-order valence-corrected chi connectivity index (χ4v) is 13.8. The summed E-state index contributed by atoms with van der Waals surface area (Å²) in [5, 5.41) is 10.6. The summed E-state index contributed by atoms with van der Waals surface area (Å²) in [6.45, 7) is 14.2. The summed E-state index contributed by atoms with van der Waals surface area (Å²) in [5.41, 5.74) is 0. The smallest absolute Gasteiger partial charge is 0.462 e. The van der Waals surface area contributed by atoms with Crippen LogP contribution >= 0.6 is 15.6 Å². The number of carbonyl (C=O) groups is 4. The zero-order valence-electron chi connectivity index (χ0n) is 65.1. The molecule has 99 heavy (non-hydrogen) atoms. The Morgan fingerprint density at radius 3 is 0.717 bits per heavy atom. The van der Waals surface area contributed by atoms with Gasteiger partial charge in [0.1, 0.15) is 19.3 Å². The molecule has 0 spiro atoms. The SMILES string of the molecule is CCC(C)CCCCCCCCC(=O)O[C@H](COC(=O)CCCCCCCCCCCCCCCCCC(C)C)COP(=O)(O)OCC(O)COP(=O)(O)OC[C@@H](COC(=O)CCCCCCCCCC(C)C)OC(=O)CCCCCCCCCCCCCCCCCCCCC(C)C. The van der Waals surface area contributed by atoms with Crippen molar-refractivity contribution >= 4 is 39.5 Å². The molecule has 0 fully saturated rings. The van der Waals surface area contributed by atoms with Crippen LogP contribution < -0.4 is 0 Å². The monoisotopic (exact) mass is 1450 g/mol. The van der Waals surface area contributed by atoms with Crippen molar-refractivity contribution in [1.82, 2.24) is 0 Å². The number of phosphoric ester groups is 2. The van der Waals surface area contributed by atoms with Gasteiger partial charge in [0.25, 0.3) is 0 Å². The van der Waals surface area contributed by atoms with Crippen LogP contribution in [0.5, 0.6) is 0 Å². The van der Waals surface area contributed by atoms with Crippen molar-refractivity contribution < 1.29 is 80.2 Å². The normalized spacial score (nSPS) is 14.3. The number of aliphatic hydroxyl groups excluding tert-OH is 1. The first-order chi connectivity index (χ1) is 47.6. The Labute approximate surface area is 607 Å². The van der Waals surface area contributed by atoms with Crippen molar-refractivity contribution in [3.8, 4) is 0 Å². The number of unbranched alkanes of at least 4 members (excludes halogenated alkanes) is 42. The summed E-state index contributed by atoms with van der Waals surface area (Å²) >= 11 is 0. The van der Waals surface area contributed by atoms with Crippen molar-refractivity contribution in [2.45, 2.75) is 427 Å². The van der Waals surface area contributed by atoms with Crippen molar-refractivity contribution in [3.63, 3.8) is 0 Å². The minimum Gasteiger partial charge on any atom is -0.462 e. The van der Waals surface area contributed by atoms with E-state index in [9.17, 15) is 43.2 Å². The number of carbonyl (C=O) groups excluding carboxylic acids is 4. The second kappa shape index (κ2) is 69.1. The highest BCUT2D eigenvalue weighted by Crippen LogP contribution is 2.45. The maximum absolute atomic E-state index is 13.1. The Hall–Kier alpha value is -1.94. The van der Waals surface area contributed by atoms with Crippen LogP contribution in [0.2, 0.25) is 0 Å². The van der Waals surface area contributed by atoms with Gasteiger partial charge < -0.3 is 33.8 Å². The van der Waals surface area contributed by atoms with Gasteiger partial charge in [-0.3, -0.25) is 37.3 Å². The Morgan fingerprint density at radius 1 is 0.283 bits per heavy atom. The third-order valence-corrected chi connectivity index (χ3v) is 20.8. The molecule has 0 aromatic rings. The highest BCUT2D eigenvalue weighted by Gasteiger charge is 2.30. The molecular weight excluding hydrogens is 1290 g/mol. The van der Waals surface area contributed by atoms with Crippen LogP contribution in [0, 0.1) is 23.7 Å². The van der Waals surface area contributed by atoms with Crippen LogP contribution in [0.3, 0.4) is 0 Å². The summed E-state index contributed by atoms with van der Waals surface area (Å²) < 4.78 is 68.6. The topological polar surface area (TPSA) is 237 Å². The number of phosphoric acid groups is 2. The molecule has 0 saturated heterocycles. The number of esters is 4. The van der Waals surface area contributed by atoms with Gasteiger partial charge in [-0.05, 0) is 49.4 Å². The van der Waals surface area contributed by atoms with E-state index in [1.54, 1.807) is 0 Å². The van der Waals surface area contributed by atoms with E-state index in [0.29, 0.717) is 31.6 Å². The van der Waals surface area contributed by atoms with Gasteiger partial charge >= 0.3 is 39.5 Å². The summed E-state index contributed by atoms with van der Waals surface area (Å²) in [6.07, 6.45) is 55.8.